The summed E-state index contributed by atoms with van der Waals surface area (Å²) in [4.78, 5) is 0. The van der Waals surface area contributed by atoms with Crippen LogP contribution in [0.2, 0.25) is 0 Å². The van der Waals surface area contributed by atoms with E-state index in [1.807, 2.05) is 81.4 Å². The van der Waals surface area contributed by atoms with E-state index in [9.17, 15) is 8.42 Å². The Hall–Kier alpha value is -2.51. The van der Waals surface area contributed by atoms with Crippen LogP contribution in [0.25, 0.3) is 11.1 Å². The van der Waals surface area contributed by atoms with Crippen molar-refractivity contribution in [3.63, 3.8) is 0 Å². The summed E-state index contributed by atoms with van der Waals surface area (Å²) in [6.07, 6.45) is 0.552. The summed E-state index contributed by atoms with van der Waals surface area (Å²) < 4.78 is 41.3. The van der Waals surface area contributed by atoms with Crippen molar-refractivity contribution in [2.45, 2.75) is 56.8 Å². The van der Waals surface area contributed by atoms with Gasteiger partial charge >= 0.3 is 0 Å². The van der Waals surface area contributed by atoms with E-state index in [1.54, 1.807) is 7.05 Å². The van der Waals surface area contributed by atoms with Crippen LogP contribution in [0, 0.1) is 0 Å². The summed E-state index contributed by atoms with van der Waals surface area (Å²) in [6.45, 7) is 5.92. The average molecular weight is 494 g/mol. The van der Waals surface area contributed by atoms with E-state index in [1.165, 1.54) is 4.31 Å². The Morgan fingerprint density at radius 3 is 2.09 bits per heavy atom. The molecule has 6 heteroatoms. The second kappa shape index (κ2) is 10.6. The molecule has 0 spiro atoms. The van der Waals surface area contributed by atoms with Crippen LogP contribution in [0.15, 0.2) is 84.9 Å². The predicted octanol–water partition coefficient (Wildman–Crippen LogP) is 5.83. The topological polar surface area (TPSA) is 55.8 Å². The van der Waals surface area contributed by atoms with Crippen molar-refractivity contribution in [1.82, 2.24) is 4.31 Å². The van der Waals surface area contributed by atoms with Gasteiger partial charge in [0, 0.05) is 7.05 Å². The van der Waals surface area contributed by atoms with Gasteiger partial charge in [0.05, 0.1) is 17.9 Å². The molecule has 0 N–H and O–H groups in total. The minimum atomic E-state index is -3.60. The average Bonchev–Trinajstić information content (AvgIpc) is 2.87. The highest BCUT2D eigenvalue weighted by Crippen LogP contribution is 2.37. The summed E-state index contributed by atoms with van der Waals surface area (Å²) in [5.74, 6) is -0.807. The molecule has 1 aliphatic rings. The monoisotopic (exact) mass is 493 g/mol. The van der Waals surface area contributed by atoms with Crippen LogP contribution in [0.3, 0.4) is 0 Å². The van der Waals surface area contributed by atoms with Crippen molar-refractivity contribution in [2.24, 2.45) is 0 Å². The zero-order valence-corrected chi connectivity index (χ0v) is 21.7. The van der Waals surface area contributed by atoms with Crippen LogP contribution < -0.4 is 0 Å². The fourth-order valence-corrected chi connectivity index (χ4v) is 6.48. The van der Waals surface area contributed by atoms with Crippen molar-refractivity contribution in [3.8, 4) is 11.1 Å². The van der Waals surface area contributed by atoms with Crippen LogP contribution in [-0.4, -0.2) is 43.5 Å². The minimum absolute atomic E-state index is 0.260. The first kappa shape index (κ1) is 25.6. The Kier molecular flexibility index (Phi) is 7.77. The number of sulfonamides is 1. The number of hydrogen-bond donors (Lipinski definition) is 0. The zero-order chi connectivity index (χ0) is 25.1. The lowest BCUT2D eigenvalue weighted by molar-refractivity contribution is -0.291. The Labute approximate surface area is 209 Å². The number of rotatable bonds is 8. The fraction of sp³-hybridized carbons (Fsp3) is 0.379. The van der Waals surface area contributed by atoms with Crippen LogP contribution in [0.4, 0.5) is 0 Å². The summed E-state index contributed by atoms with van der Waals surface area (Å²) in [5, 5.41) is -0.522. The third-order valence-electron chi connectivity index (χ3n) is 6.76. The van der Waals surface area contributed by atoms with Gasteiger partial charge in [-0.2, -0.15) is 4.31 Å². The molecule has 0 radical (unpaired) electrons. The zero-order valence-electron chi connectivity index (χ0n) is 20.9. The molecule has 0 aliphatic carbocycles. The summed E-state index contributed by atoms with van der Waals surface area (Å²) in [7, 11) is -1.95. The highest BCUT2D eigenvalue weighted by atomic mass is 32.2. The molecule has 0 unspecified atom stereocenters. The lowest BCUT2D eigenvalue weighted by Crippen LogP contribution is -2.54. The number of benzene rings is 3. The van der Waals surface area contributed by atoms with E-state index in [2.05, 4.69) is 24.3 Å². The van der Waals surface area contributed by atoms with Crippen LogP contribution in [0.5, 0.6) is 0 Å². The van der Waals surface area contributed by atoms with Gasteiger partial charge in [0.25, 0.3) is 0 Å². The van der Waals surface area contributed by atoms with E-state index in [-0.39, 0.29) is 6.61 Å². The van der Waals surface area contributed by atoms with Gasteiger partial charge in [-0.1, -0.05) is 91.9 Å². The van der Waals surface area contributed by atoms with E-state index in [0.29, 0.717) is 12.8 Å². The van der Waals surface area contributed by atoms with Gasteiger partial charge in [0.1, 0.15) is 6.10 Å². The third kappa shape index (κ3) is 5.84. The Morgan fingerprint density at radius 1 is 0.914 bits per heavy atom. The second-order valence-corrected chi connectivity index (χ2v) is 11.9. The van der Waals surface area contributed by atoms with Gasteiger partial charge in [-0.3, -0.25) is 0 Å². The molecule has 1 aliphatic heterocycles. The second-order valence-electron chi connectivity index (χ2n) is 9.59. The number of likely N-dealkylation sites (N-methyl/N-ethyl adjacent to an activating group) is 1. The Balaban J connectivity index is 1.61. The van der Waals surface area contributed by atoms with Gasteiger partial charge in [-0.05, 0) is 48.9 Å². The van der Waals surface area contributed by atoms with E-state index < -0.39 is 33.2 Å². The maximum absolute atomic E-state index is 13.8. The molecule has 3 atom stereocenters. The van der Waals surface area contributed by atoms with Crippen LogP contribution >= 0.6 is 0 Å². The van der Waals surface area contributed by atoms with Crippen LogP contribution in [-0.2, 0) is 25.9 Å². The molecule has 186 valence electrons. The van der Waals surface area contributed by atoms with Crippen LogP contribution in [0.1, 0.15) is 44.4 Å². The maximum atomic E-state index is 13.8. The molecule has 1 heterocycles. The molecule has 35 heavy (non-hydrogen) atoms. The van der Waals surface area contributed by atoms with Crippen molar-refractivity contribution in [2.75, 3.05) is 13.7 Å². The van der Waals surface area contributed by atoms with E-state index in [0.717, 1.165) is 22.3 Å². The van der Waals surface area contributed by atoms with E-state index in [4.69, 9.17) is 9.47 Å². The Bertz CT molecular complexity index is 1190. The van der Waals surface area contributed by atoms with Crippen molar-refractivity contribution in [3.05, 3.63) is 96.1 Å². The molecule has 4 rings (SSSR count). The highest BCUT2D eigenvalue weighted by molar-refractivity contribution is 7.89. The lowest BCUT2D eigenvalue weighted by Gasteiger charge is -2.44. The first-order valence-corrected chi connectivity index (χ1v) is 13.7. The largest absolute Gasteiger partial charge is 0.349 e. The maximum Gasteiger partial charge on any atom is 0.217 e. The van der Waals surface area contributed by atoms with E-state index >= 15 is 0 Å². The quantitative estimate of drug-likeness (QED) is 0.396. The molecule has 0 aromatic heterocycles. The number of hydrogen-bond acceptors (Lipinski definition) is 4. The van der Waals surface area contributed by atoms with Gasteiger partial charge < -0.3 is 9.47 Å². The van der Waals surface area contributed by atoms with Crippen molar-refractivity contribution >= 4 is 10.0 Å². The first-order valence-electron chi connectivity index (χ1n) is 12.2. The van der Waals surface area contributed by atoms with Gasteiger partial charge in [-0.15, -0.1) is 0 Å². The van der Waals surface area contributed by atoms with Crippen molar-refractivity contribution in [1.29, 1.82) is 0 Å². The molecular weight excluding hydrogens is 458 g/mol. The lowest BCUT2D eigenvalue weighted by atomic mass is 9.97. The van der Waals surface area contributed by atoms with Crippen molar-refractivity contribution < 1.29 is 17.9 Å². The molecule has 1 fully saturated rings. The summed E-state index contributed by atoms with van der Waals surface area (Å²) in [6, 6.07) is 27.7. The first-order chi connectivity index (χ1) is 16.7. The molecule has 1 saturated heterocycles. The molecular formula is C29H35NO4S. The SMILES string of the molecule is CC[C@H](Cc1ccccc1)S(=O)(=O)N(C)[C@H]1COC(C)(C)O[C@H]1c1ccc(-c2ccccc2)cc1. The molecule has 0 amide bonds. The number of nitrogens with zero attached hydrogens (tertiary/aromatic N) is 1. The molecule has 3 aromatic carbocycles. The summed E-state index contributed by atoms with van der Waals surface area (Å²) >= 11 is 0. The predicted molar refractivity (Wildman–Crippen MR) is 140 cm³/mol. The van der Waals surface area contributed by atoms with Gasteiger partial charge in [0.15, 0.2) is 5.79 Å². The highest BCUT2D eigenvalue weighted by Gasteiger charge is 2.44. The molecule has 3 aromatic rings. The minimum Gasteiger partial charge on any atom is -0.349 e. The van der Waals surface area contributed by atoms with Gasteiger partial charge in [-0.25, -0.2) is 8.42 Å². The smallest absolute Gasteiger partial charge is 0.217 e. The normalized spacial score (nSPS) is 21.1. The molecule has 0 saturated carbocycles. The standard InChI is InChI=1S/C29H35NO4S/c1-5-26(20-22-12-8-6-9-13-22)35(31,32)30(4)27-21-33-29(2,3)34-28(27)25-18-16-24(17-19-25)23-14-10-7-11-15-23/h6-19,26-28H,5,20-21H2,1-4H3/t26-,27+,28+/m1/s1. The molecule has 5 nitrogen and oxygen atoms in total. The number of ether oxygens (including phenoxy) is 2. The van der Waals surface area contributed by atoms with Gasteiger partial charge in [0.2, 0.25) is 10.0 Å². The Morgan fingerprint density at radius 2 is 1.49 bits per heavy atom. The summed E-state index contributed by atoms with van der Waals surface area (Å²) in [5.41, 5.74) is 4.19. The third-order valence-corrected chi connectivity index (χ3v) is 9.18. The fourth-order valence-electron chi connectivity index (χ4n) is 4.63. The molecule has 0 bridgehead atoms.